The van der Waals surface area contributed by atoms with E-state index in [-0.39, 0.29) is 6.61 Å². The molecule has 1 unspecified atom stereocenters. The maximum Gasteiger partial charge on any atom is 0.240 e. The van der Waals surface area contributed by atoms with E-state index in [9.17, 15) is 4.79 Å². The zero-order valence-corrected chi connectivity index (χ0v) is 11.3. The topological polar surface area (TPSA) is 64.3 Å². The molecular formula is C14H22N2O2. The summed E-state index contributed by atoms with van der Waals surface area (Å²) >= 11 is 0. The van der Waals surface area contributed by atoms with Crippen molar-refractivity contribution in [3.63, 3.8) is 0 Å². The number of carbonyl (C=O) groups is 1. The number of nitrogens with one attached hydrogen (secondary N) is 1. The van der Waals surface area contributed by atoms with E-state index >= 15 is 0 Å². The molecule has 0 aliphatic carbocycles. The molecule has 3 N–H and O–H groups in total. The summed E-state index contributed by atoms with van der Waals surface area (Å²) in [6, 6.07) is 7.85. The van der Waals surface area contributed by atoms with Gasteiger partial charge in [0.05, 0.1) is 0 Å². The smallest absolute Gasteiger partial charge is 0.240 e. The van der Waals surface area contributed by atoms with E-state index in [1.807, 2.05) is 31.2 Å². The second-order valence-corrected chi connectivity index (χ2v) is 4.52. The lowest BCUT2D eigenvalue weighted by molar-refractivity contribution is -0.124. The largest absolute Gasteiger partial charge is 0.491 e. The van der Waals surface area contributed by atoms with Gasteiger partial charge in [-0.25, -0.2) is 0 Å². The van der Waals surface area contributed by atoms with Gasteiger partial charge in [-0.15, -0.1) is 0 Å². The highest BCUT2D eigenvalue weighted by atomic mass is 16.5. The van der Waals surface area contributed by atoms with Crippen molar-refractivity contribution in [2.75, 3.05) is 13.2 Å². The van der Waals surface area contributed by atoms with Gasteiger partial charge in [-0.3, -0.25) is 4.79 Å². The van der Waals surface area contributed by atoms with E-state index in [4.69, 9.17) is 10.5 Å². The summed E-state index contributed by atoms with van der Waals surface area (Å²) < 4.78 is 5.66. The Morgan fingerprint density at radius 3 is 2.72 bits per heavy atom. The summed E-state index contributed by atoms with van der Waals surface area (Å²) in [7, 11) is 0. The molecule has 1 amide bonds. The van der Waals surface area contributed by atoms with Gasteiger partial charge in [-0.05, 0) is 37.6 Å². The third-order valence-electron chi connectivity index (χ3n) is 2.94. The second kappa shape index (κ2) is 6.40. The van der Waals surface area contributed by atoms with Gasteiger partial charge in [-0.2, -0.15) is 0 Å². The van der Waals surface area contributed by atoms with E-state index in [0.29, 0.717) is 6.54 Å². The molecule has 1 rings (SSSR count). The van der Waals surface area contributed by atoms with Crippen molar-refractivity contribution < 1.29 is 9.53 Å². The summed E-state index contributed by atoms with van der Waals surface area (Å²) in [5.74, 6) is 0.357. The molecule has 0 fully saturated rings. The van der Waals surface area contributed by atoms with Crippen LogP contribution in [0.15, 0.2) is 24.3 Å². The van der Waals surface area contributed by atoms with Crippen LogP contribution >= 0.6 is 0 Å². The van der Waals surface area contributed by atoms with Crippen molar-refractivity contribution in [2.45, 2.75) is 32.7 Å². The van der Waals surface area contributed by atoms with E-state index in [1.165, 1.54) is 5.56 Å². The van der Waals surface area contributed by atoms with Gasteiger partial charge >= 0.3 is 0 Å². The lowest BCUT2D eigenvalue weighted by Crippen LogP contribution is -2.57. The Hall–Kier alpha value is -1.55. The number of carbonyl (C=O) groups excluding carboxylic acids is 1. The quantitative estimate of drug-likeness (QED) is 0.770. The van der Waals surface area contributed by atoms with Crippen molar-refractivity contribution >= 4 is 5.91 Å². The summed E-state index contributed by atoms with van der Waals surface area (Å²) in [4.78, 5) is 11.4. The normalized spacial score (nSPS) is 13.9. The number of rotatable bonds is 7. The maximum absolute atomic E-state index is 11.4. The molecule has 0 saturated carbocycles. The number of aryl methyl sites for hydroxylation is 1. The Bertz CT molecular complexity index is 407. The average Bonchev–Trinajstić information content (AvgIpc) is 2.37. The van der Waals surface area contributed by atoms with Gasteiger partial charge in [0.2, 0.25) is 5.91 Å². The molecule has 0 radical (unpaired) electrons. The second-order valence-electron chi connectivity index (χ2n) is 4.52. The number of primary amides is 1. The van der Waals surface area contributed by atoms with Crippen LogP contribution in [-0.4, -0.2) is 24.6 Å². The maximum atomic E-state index is 11.4. The minimum absolute atomic E-state index is 0.226. The van der Waals surface area contributed by atoms with Gasteiger partial charge in [0.15, 0.2) is 0 Å². The monoisotopic (exact) mass is 250 g/mol. The summed E-state index contributed by atoms with van der Waals surface area (Å²) in [6.45, 7) is 6.66. The van der Waals surface area contributed by atoms with Gasteiger partial charge < -0.3 is 15.8 Å². The molecule has 0 spiro atoms. The number of amides is 1. The molecule has 0 heterocycles. The van der Waals surface area contributed by atoms with Crippen LogP contribution in [0.1, 0.15) is 26.3 Å². The molecule has 100 valence electrons. The average molecular weight is 250 g/mol. The Labute approximate surface area is 109 Å². The molecule has 4 nitrogen and oxygen atoms in total. The first kappa shape index (κ1) is 14.5. The summed E-state index contributed by atoms with van der Waals surface area (Å²) in [5, 5.41) is 3.06. The first-order valence-electron chi connectivity index (χ1n) is 6.28. The van der Waals surface area contributed by atoms with Crippen LogP contribution < -0.4 is 15.8 Å². The van der Waals surface area contributed by atoms with Crippen molar-refractivity contribution in [3.8, 4) is 5.75 Å². The van der Waals surface area contributed by atoms with E-state index in [0.717, 1.165) is 12.2 Å². The molecule has 0 aliphatic rings. The van der Waals surface area contributed by atoms with E-state index in [1.54, 1.807) is 6.92 Å². The zero-order chi connectivity index (χ0) is 13.6. The lowest BCUT2D eigenvalue weighted by Gasteiger charge is -2.26. The first-order chi connectivity index (χ1) is 8.51. The van der Waals surface area contributed by atoms with Gasteiger partial charge in [0, 0.05) is 0 Å². The Balaban J connectivity index is 2.69. The molecule has 1 aromatic rings. The standard InChI is InChI=1S/C14H22N2O2/c1-4-11-7-6-8-12(9-11)18-10-14(3,13(15)17)16-5-2/h6-9,16H,4-5,10H2,1-3H3,(H2,15,17). The number of likely N-dealkylation sites (N-methyl/N-ethyl adjacent to an activating group) is 1. The summed E-state index contributed by atoms with van der Waals surface area (Å²) in [5.41, 5.74) is 5.76. The van der Waals surface area contributed by atoms with Crippen molar-refractivity contribution in [1.29, 1.82) is 0 Å². The lowest BCUT2D eigenvalue weighted by atomic mass is 10.0. The van der Waals surface area contributed by atoms with Crippen LogP contribution in [0.25, 0.3) is 0 Å². The van der Waals surface area contributed by atoms with E-state index < -0.39 is 11.4 Å². The highest BCUT2D eigenvalue weighted by molar-refractivity contribution is 5.84. The Morgan fingerprint density at radius 2 is 2.17 bits per heavy atom. The van der Waals surface area contributed by atoms with Crippen LogP contribution in [0.2, 0.25) is 0 Å². The number of hydrogen-bond donors (Lipinski definition) is 2. The Morgan fingerprint density at radius 1 is 1.44 bits per heavy atom. The predicted octanol–water partition coefficient (Wildman–Crippen LogP) is 1.48. The van der Waals surface area contributed by atoms with Crippen LogP contribution in [0.4, 0.5) is 0 Å². The third-order valence-corrected chi connectivity index (χ3v) is 2.94. The molecule has 4 heteroatoms. The molecule has 18 heavy (non-hydrogen) atoms. The molecule has 0 aliphatic heterocycles. The SMILES string of the molecule is CCNC(C)(COc1cccc(CC)c1)C(N)=O. The molecule has 0 saturated heterocycles. The summed E-state index contributed by atoms with van der Waals surface area (Å²) in [6.07, 6.45) is 0.956. The van der Waals surface area contributed by atoms with Crippen LogP contribution in [0.5, 0.6) is 5.75 Å². The molecule has 0 aromatic heterocycles. The van der Waals surface area contributed by atoms with Gasteiger partial charge in [0.1, 0.15) is 17.9 Å². The first-order valence-corrected chi connectivity index (χ1v) is 6.28. The molecule has 0 bridgehead atoms. The van der Waals surface area contributed by atoms with Gasteiger partial charge in [-0.1, -0.05) is 26.0 Å². The number of nitrogens with two attached hydrogens (primary N) is 1. The zero-order valence-electron chi connectivity index (χ0n) is 11.3. The Kier molecular flexibility index (Phi) is 5.16. The van der Waals surface area contributed by atoms with Crippen molar-refractivity contribution in [1.82, 2.24) is 5.32 Å². The third kappa shape index (κ3) is 3.74. The van der Waals surface area contributed by atoms with E-state index in [2.05, 4.69) is 12.2 Å². The highest BCUT2D eigenvalue weighted by Gasteiger charge is 2.30. The molecular weight excluding hydrogens is 228 g/mol. The van der Waals surface area contributed by atoms with Crippen molar-refractivity contribution in [3.05, 3.63) is 29.8 Å². The van der Waals surface area contributed by atoms with Crippen LogP contribution in [0.3, 0.4) is 0 Å². The van der Waals surface area contributed by atoms with Crippen LogP contribution in [0, 0.1) is 0 Å². The van der Waals surface area contributed by atoms with Gasteiger partial charge in [0.25, 0.3) is 0 Å². The molecule has 1 aromatic carbocycles. The number of ether oxygens (including phenoxy) is 1. The minimum atomic E-state index is -0.836. The number of benzene rings is 1. The molecule has 1 atom stereocenters. The fourth-order valence-corrected chi connectivity index (χ4v) is 1.68. The minimum Gasteiger partial charge on any atom is -0.491 e. The van der Waals surface area contributed by atoms with Crippen molar-refractivity contribution in [2.24, 2.45) is 5.73 Å². The fraction of sp³-hybridized carbons (Fsp3) is 0.500. The number of hydrogen-bond acceptors (Lipinski definition) is 3. The van der Waals surface area contributed by atoms with Crippen LogP contribution in [-0.2, 0) is 11.2 Å². The fourth-order valence-electron chi connectivity index (χ4n) is 1.68. The highest BCUT2D eigenvalue weighted by Crippen LogP contribution is 2.15. The predicted molar refractivity (Wildman–Crippen MR) is 72.6 cm³/mol.